The Morgan fingerprint density at radius 1 is 1.62 bits per heavy atom. The second kappa shape index (κ2) is 5.04. The van der Waals surface area contributed by atoms with Gasteiger partial charge in [0.2, 0.25) is 0 Å². The first-order valence-electron chi connectivity index (χ1n) is 4.13. The third-order valence-electron chi connectivity index (χ3n) is 1.76. The molecule has 3 nitrogen and oxygen atoms in total. The molecule has 0 fully saturated rings. The van der Waals surface area contributed by atoms with Gasteiger partial charge in [-0.05, 0) is 24.5 Å². The van der Waals surface area contributed by atoms with Gasteiger partial charge in [-0.2, -0.15) is 0 Å². The molecule has 0 saturated heterocycles. The summed E-state index contributed by atoms with van der Waals surface area (Å²) in [7, 11) is 1.68. The molecule has 0 aliphatic heterocycles. The lowest BCUT2D eigenvalue weighted by atomic mass is 10.1. The van der Waals surface area contributed by atoms with Gasteiger partial charge in [-0.15, -0.1) is 0 Å². The fourth-order valence-electron chi connectivity index (χ4n) is 1.10. The van der Waals surface area contributed by atoms with Crippen LogP contribution in [0.1, 0.15) is 12.0 Å². The van der Waals surface area contributed by atoms with E-state index in [2.05, 4.69) is 4.98 Å². The molecule has 0 aliphatic rings. The summed E-state index contributed by atoms with van der Waals surface area (Å²) in [5, 5.41) is 0.626. The number of aromatic nitrogens is 1. The topological polar surface area (TPSA) is 48.1 Å². The Hall–Kier alpha value is -0.800. The van der Waals surface area contributed by atoms with Crippen LogP contribution in [0, 0.1) is 0 Å². The number of hydrogen-bond acceptors (Lipinski definition) is 3. The molecule has 72 valence electrons. The van der Waals surface area contributed by atoms with Crippen LogP contribution in [0.3, 0.4) is 0 Å². The smallest absolute Gasteiger partial charge is 0.126 e. The average molecular weight is 201 g/mol. The Morgan fingerprint density at radius 2 is 2.38 bits per heavy atom. The van der Waals surface area contributed by atoms with E-state index in [-0.39, 0.29) is 0 Å². The molecular weight excluding hydrogens is 188 g/mol. The number of nitrogen functional groups attached to an aromatic ring is 1. The largest absolute Gasteiger partial charge is 0.385 e. The molecule has 0 aliphatic carbocycles. The Kier molecular flexibility index (Phi) is 3.99. The molecule has 0 saturated carbocycles. The third-order valence-corrected chi connectivity index (χ3v) is 1.97. The fraction of sp³-hybridized carbons (Fsp3) is 0.444. The van der Waals surface area contributed by atoms with Crippen molar-refractivity contribution in [1.29, 1.82) is 0 Å². The van der Waals surface area contributed by atoms with Gasteiger partial charge < -0.3 is 10.5 Å². The zero-order valence-corrected chi connectivity index (χ0v) is 8.34. The van der Waals surface area contributed by atoms with Gasteiger partial charge in [0.25, 0.3) is 0 Å². The molecule has 13 heavy (non-hydrogen) atoms. The molecule has 1 heterocycles. The fourth-order valence-corrected chi connectivity index (χ4v) is 1.28. The highest BCUT2D eigenvalue weighted by molar-refractivity contribution is 6.30. The van der Waals surface area contributed by atoms with E-state index < -0.39 is 0 Å². The van der Waals surface area contributed by atoms with Crippen molar-refractivity contribution in [2.24, 2.45) is 0 Å². The van der Waals surface area contributed by atoms with Gasteiger partial charge >= 0.3 is 0 Å². The number of nitrogens with two attached hydrogens (primary N) is 1. The summed E-state index contributed by atoms with van der Waals surface area (Å²) >= 11 is 5.78. The van der Waals surface area contributed by atoms with Crippen LogP contribution in [0.5, 0.6) is 0 Å². The molecule has 0 atom stereocenters. The first-order chi connectivity index (χ1) is 6.24. The number of halogens is 1. The number of hydrogen-bond donors (Lipinski definition) is 1. The van der Waals surface area contributed by atoms with Crippen molar-refractivity contribution in [3.05, 3.63) is 22.8 Å². The number of ether oxygens (including phenoxy) is 1. The van der Waals surface area contributed by atoms with Crippen molar-refractivity contribution in [2.45, 2.75) is 12.8 Å². The van der Waals surface area contributed by atoms with Crippen molar-refractivity contribution in [2.75, 3.05) is 19.5 Å². The van der Waals surface area contributed by atoms with Crippen LogP contribution in [-0.2, 0) is 11.2 Å². The number of nitrogens with zero attached hydrogens (tertiary/aromatic N) is 1. The minimum absolute atomic E-state index is 0.556. The summed E-state index contributed by atoms with van der Waals surface area (Å²) in [4.78, 5) is 3.96. The Bertz CT molecular complexity index is 278. The lowest BCUT2D eigenvalue weighted by molar-refractivity contribution is 0.195. The van der Waals surface area contributed by atoms with Crippen LogP contribution in [0.2, 0.25) is 5.02 Å². The number of rotatable bonds is 4. The standard InChI is InChI=1S/C9H13ClN2O/c1-13-4-2-3-7-5-8(10)6-12-9(7)11/h5-6H,2-4H2,1H3,(H2,11,12). The third kappa shape index (κ3) is 3.20. The zero-order valence-electron chi connectivity index (χ0n) is 7.59. The van der Waals surface area contributed by atoms with E-state index in [1.165, 1.54) is 0 Å². The lowest BCUT2D eigenvalue weighted by Crippen LogP contribution is -1.99. The van der Waals surface area contributed by atoms with Crippen LogP contribution >= 0.6 is 11.6 Å². The van der Waals surface area contributed by atoms with Crippen molar-refractivity contribution in [3.63, 3.8) is 0 Å². The minimum Gasteiger partial charge on any atom is -0.385 e. The summed E-state index contributed by atoms with van der Waals surface area (Å²) in [5.41, 5.74) is 6.65. The molecule has 1 rings (SSSR count). The highest BCUT2D eigenvalue weighted by Gasteiger charge is 2.00. The Balaban J connectivity index is 2.59. The van der Waals surface area contributed by atoms with Gasteiger partial charge in [0.15, 0.2) is 0 Å². The normalized spacial score (nSPS) is 10.3. The number of methoxy groups -OCH3 is 1. The van der Waals surface area contributed by atoms with Crippen molar-refractivity contribution < 1.29 is 4.74 Å². The monoisotopic (exact) mass is 200 g/mol. The van der Waals surface area contributed by atoms with E-state index in [1.807, 2.05) is 6.07 Å². The van der Waals surface area contributed by atoms with E-state index in [1.54, 1.807) is 13.3 Å². The van der Waals surface area contributed by atoms with Crippen LogP contribution in [0.15, 0.2) is 12.3 Å². The molecule has 1 aromatic heterocycles. The van der Waals surface area contributed by atoms with Crippen molar-refractivity contribution in [1.82, 2.24) is 4.98 Å². The quantitative estimate of drug-likeness (QED) is 0.756. The second-order valence-corrected chi connectivity index (χ2v) is 3.23. The van der Waals surface area contributed by atoms with E-state index in [4.69, 9.17) is 22.1 Å². The van der Waals surface area contributed by atoms with Crippen LogP contribution < -0.4 is 5.73 Å². The maximum Gasteiger partial charge on any atom is 0.126 e. The molecular formula is C9H13ClN2O. The molecule has 2 N–H and O–H groups in total. The van der Waals surface area contributed by atoms with E-state index >= 15 is 0 Å². The molecule has 4 heteroatoms. The summed E-state index contributed by atoms with van der Waals surface area (Å²) in [6, 6.07) is 1.85. The Labute approximate surface area is 82.9 Å². The predicted molar refractivity (Wildman–Crippen MR) is 53.9 cm³/mol. The van der Waals surface area contributed by atoms with Gasteiger partial charge in [0.05, 0.1) is 5.02 Å². The summed E-state index contributed by atoms with van der Waals surface area (Å²) in [5.74, 6) is 0.556. The number of aryl methyl sites for hydroxylation is 1. The van der Waals surface area contributed by atoms with E-state index in [0.29, 0.717) is 10.8 Å². The second-order valence-electron chi connectivity index (χ2n) is 2.79. The predicted octanol–water partition coefficient (Wildman–Crippen LogP) is 1.90. The molecule has 0 bridgehead atoms. The van der Waals surface area contributed by atoms with Gasteiger partial charge in [-0.3, -0.25) is 0 Å². The first kappa shape index (κ1) is 10.3. The molecule has 0 spiro atoms. The number of anilines is 1. The SMILES string of the molecule is COCCCc1cc(Cl)cnc1N. The molecule has 0 unspecified atom stereocenters. The molecule has 0 radical (unpaired) electrons. The minimum atomic E-state index is 0.556. The highest BCUT2D eigenvalue weighted by atomic mass is 35.5. The van der Waals surface area contributed by atoms with Crippen molar-refractivity contribution >= 4 is 17.4 Å². The van der Waals surface area contributed by atoms with Crippen LogP contribution in [0.4, 0.5) is 5.82 Å². The number of pyridine rings is 1. The Morgan fingerprint density at radius 3 is 3.08 bits per heavy atom. The van der Waals surface area contributed by atoms with Crippen LogP contribution in [0.25, 0.3) is 0 Å². The highest BCUT2D eigenvalue weighted by Crippen LogP contribution is 2.16. The van der Waals surface area contributed by atoms with Gasteiger partial charge in [0, 0.05) is 19.9 Å². The molecule has 1 aromatic rings. The average Bonchev–Trinajstić information content (AvgIpc) is 2.11. The summed E-state index contributed by atoms with van der Waals surface area (Å²) < 4.78 is 4.94. The summed E-state index contributed by atoms with van der Waals surface area (Å²) in [6.07, 6.45) is 3.34. The van der Waals surface area contributed by atoms with Crippen LogP contribution in [-0.4, -0.2) is 18.7 Å². The van der Waals surface area contributed by atoms with Gasteiger partial charge in [0.1, 0.15) is 5.82 Å². The first-order valence-corrected chi connectivity index (χ1v) is 4.50. The lowest BCUT2D eigenvalue weighted by Gasteiger charge is -2.04. The van der Waals surface area contributed by atoms with Gasteiger partial charge in [-0.1, -0.05) is 11.6 Å². The summed E-state index contributed by atoms with van der Waals surface area (Å²) in [6.45, 7) is 0.728. The van der Waals surface area contributed by atoms with E-state index in [9.17, 15) is 0 Å². The van der Waals surface area contributed by atoms with E-state index in [0.717, 1.165) is 25.0 Å². The zero-order chi connectivity index (χ0) is 9.68. The maximum atomic E-state index is 5.78. The molecule has 0 aromatic carbocycles. The molecule has 0 amide bonds. The maximum absolute atomic E-state index is 5.78. The van der Waals surface area contributed by atoms with Crippen molar-refractivity contribution in [3.8, 4) is 0 Å². The van der Waals surface area contributed by atoms with Gasteiger partial charge in [-0.25, -0.2) is 4.98 Å².